The van der Waals surface area contributed by atoms with Crippen molar-refractivity contribution in [3.8, 4) is 16.9 Å². The second kappa shape index (κ2) is 8.47. The van der Waals surface area contributed by atoms with Gasteiger partial charge in [0, 0.05) is 43.4 Å². The van der Waals surface area contributed by atoms with Gasteiger partial charge in [-0.2, -0.15) is 5.10 Å². The maximum Gasteiger partial charge on any atom is 0.274 e. The van der Waals surface area contributed by atoms with Crippen LogP contribution in [0.3, 0.4) is 0 Å². The molecule has 1 N–H and O–H groups in total. The zero-order chi connectivity index (χ0) is 20.1. The van der Waals surface area contributed by atoms with Crippen molar-refractivity contribution in [1.29, 1.82) is 0 Å². The van der Waals surface area contributed by atoms with E-state index in [1.165, 1.54) is 0 Å². The number of aryl methyl sites for hydroxylation is 2. The first-order valence-corrected chi connectivity index (χ1v) is 9.42. The number of pyridine rings is 1. The molecule has 0 aliphatic carbocycles. The summed E-state index contributed by atoms with van der Waals surface area (Å²) in [5.74, 6) is -0.253. The topological polar surface area (TPSA) is 90.5 Å². The van der Waals surface area contributed by atoms with Gasteiger partial charge >= 0.3 is 0 Å². The molecule has 0 unspecified atom stereocenters. The minimum absolute atomic E-state index is 0.253. The van der Waals surface area contributed by atoms with Crippen molar-refractivity contribution >= 4 is 5.91 Å². The van der Waals surface area contributed by atoms with E-state index < -0.39 is 0 Å². The number of benzene rings is 1. The molecule has 3 heterocycles. The number of carbonyl (C=O) groups excluding carboxylic acids is 1. The molecule has 0 radical (unpaired) electrons. The summed E-state index contributed by atoms with van der Waals surface area (Å²) in [6.45, 7) is 3.26. The van der Waals surface area contributed by atoms with Crippen molar-refractivity contribution in [2.75, 3.05) is 6.54 Å². The van der Waals surface area contributed by atoms with E-state index in [-0.39, 0.29) is 5.91 Å². The Labute approximate surface area is 168 Å². The molecule has 0 aliphatic rings. The summed E-state index contributed by atoms with van der Waals surface area (Å²) in [6, 6.07) is 13.4. The van der Waals surface area contributed by atoms with Crippen LogP contribution < -0.4 is 5.32 Å². The molecule has 8 nitrogen and oxygen atoms in total. The molecule has 3 aromatic heterocycles. The monoisotopic (exact) mass is 387 g/mol. The van der Waals surface area contributed by atoms with Crippen molar-refractivity contribution in [2.24, 2.45) is 0 Å². The SMILES string of the molecule is Cc1ccccc1-n1nnc(C(=O)NCCCn2cccn2)c1-c1ccncc1. The molecule has 4 aromatic rings. The van der Waals surface area contributed by atoms with E-state index in [1.54, 1.807) is 23.3 Å². The smallest absolute Gasteiger partial charge is 0.274 e. The van der Waals surface area contributed by atoms with Gasteiger partial charge in [0.15, 0.2) is 5.69 Å². The summed E-state index contributed by atoms with van der Waals surface area (Å²) < 4.78 is 3.55. The van der Waals surface area contributed by atoms with E-state index in [0.717, 1.165) is 29.8 Å². The summed E-state index contributed by atoms with van der Waals surface area (Å²) in [5, 5.41) is 15.6. The van der Waals surface area contributed by atoms with Crippen LogP contribution in [0, 0.1) is 6.92 Å². The Morgan fingerprint density at radius 3 is 2.66 bits per heavy atom. The number of hydrogen-bond donors (Lipinski definition) is 1. The number of hydrogen-bond acceptors (Lipinski definition) is 5. The molecule has 146 valence electrons. The van der Waals surface area contributed by atoms with E-state index in [0.29, 0.717) is 17.9 Å². The third kappa shape index (κ3) is 4.06. The van der Waals surface area contributed by atoms with Gasteiger partial charge in [-0.3, -0.25) is 14.5 Å². The second-order valence-electron chi connectivity index (χ2n) is 6.60. The third-order valence-electron chi connectivity index (χ3n) is 4.59. The van der Waals surface area contributed by atoms with E-state index >= 15 is 0 Å². The predicted octanol–water partition coefficient (Wildman–Crippen LogP) is 2.65. The molecule has 0 bridgehead atoms. The Morgan fingerprint density at radius 2 is 1.90 bits per heavy atom. The van der Waals surface area contributed by atoms with Gasteiger partial charge in [-0.05, 0) is 43.2 Å². The Morgan fingerprint density at radius 1 is 1.07 bits per heavy atom. The van der Waals surface area contributed by atoms with Crippen LogP contribution in [0.1, 0.15) is 22.5 Å². The highest BCUT2D eigenvalue weighted by Crippen LogP contribution is 2.26. The zero-order valence-corrected chi connectivity index (χ0v) is 16.1. The number of para-hydroxylation sites is 1. The Kier molecular flexibility index (Phi) is 5.42. The summed E-state index contributed by atoms with van der Waals surface area (Å²) in [4.78, 5) is 16.9. The number of carbonyl (C=O) groups is 1. The largest absolute Gasteiger partial charge is 0.351 e. The lowest BCUT2D eigenvalue weighted by Gasteiger charge is -2.10. The van der Waals surface area contributed by atoms with Crippen molar-refractivity contribution < 1.29 is 4.79 Å². The first-order valence-electron chi connectivity index (χ1n) is 9.42. The minimum Gasteiger partial charge on any atom is -0.351 e. The molecular weight excluding hydrogens is 366 g/mol. The number of aromatic nitrogens is 6. The first kappa shape index (κ1) is 18.5. The van der Waals surface area contributed by atoms with Crippen molar-refractivity contribution in [2.45, 2.75) is 19.9 Å². The Hall–Kier alpha value is -3.81. The summed E-state index contributed by atoms with van der Waals surface area (Å²) in [5.41, 5.74) is 3.68. The average Bonchev–Trinajstić information content (AvgIpc) is 3.42. The molecule has 0 spiro atoms. The first-order chi connectivity index (χ1) is 14.2. The molecule has 8 heteroatoms. The molecule has 0 saturated heterocycles. The highest BCUT2D eigenvalue weighted by Gasteiger charge is 2.22. The Bertz CT molecular complexity index is 1090. The van der Waals surface area contributed by atoms with Crippen molar-refractivity contribution in [3.05, 3.63) is 78.5 Å². The molecular formula is C21H21N7O. The molecule has 0 fully saturated rings. The van der Waals surface area contributed by atoms with Crippen LogP contribution in [0.15, 0.2) is 67.3 Å². The van der Waals surface area contributed by atoms with Crippen molar-refractivity contribution in [3.63, 3.8) is 0 Å². The second-order valence-corrected chi connectivity index (χ2v) is 6.60. The van der Waals surface area contributed by atoms with Crippen LogP contribution in [0.5, 0.6) is 0 Å². The number of nitrogens with zero attached hydrogens (tertiary/aromatic N) is 6. The highest BCUT2D eigenvalue weighted by molar-refractivity contribution is 5.98. The van der Waals surface area contributed by atoms with E-state index in [2.05, 4.69) is 25.7 Å². The minimum atomic E-state index is -0.253. The summed E-state index contributed by atoms with van der Waals surface area (Å²) >= 11 is 0. The van der Waals surface area contributed by atoms with Crippen LogP contribution in [0.4, 0.5) is 0 Å². The third-order valence-corrected chi connectivity index (χ3v) is 4.59. The van der Waals surface area contributed by atoms with Crippen LogP contribution in [-0.2, 0) is 6.54 Å². The van der Waals surface area contributed by atoms with Gasteiger partial charge in [-0.1, -0.05) is 23.4 Å². The highest BCUT2D eigenvalue weighted by atomic mass is 16.2. The fourth-order valence-electron chi connectivity index (χ4n) is 3.13. The van der Waals surface area contributed by atoms with Gasteiger partial charge in [0.1, 0.15) is 5.69 Å². The number of nitrogens with one attached hydrogen (secondary N) is 1. The quantitative estimate of drug-likeness (QED) is 0.492. The van der Waals surface area contributed by atoms with Crippen LogP contribution in [0.2, 0.25) is 0 Å². The molecule has 1 aromatic carbocycles. The van der Waals surface area contributed by atoms with Crippen LogP contribution >= 0.6 is 0 Å². The van der Waals surface area contributed by atoms with Crippen molar-refractivity contribution in [1.82, 2.24) is 35.1 Å². The maximum atomic E-state index is 12.9. The van der Waals surface area contributed by atoms with Gasteiger partial charge < -0.3 is 5.32 Å². The van der Waals surface area contributed by atoms with Gasteiger partial charge in [-0.25, -0.2) is 4.68 Å². The van der Waals surface area contributed by atoms with Gasteiger partial charge in [0.25, 0.3) is 5.91 Å². The maximum absolute atomic E-state index is 12.9. The fraction of sp³-hybridized carbons (Fsp3) is 0.190. The lowest BCUT2D eigenvalue weighted by Crippen LogP contribution is -2.26. The van der Waals surface area contributed by atoms with Crippen LogP contribution in [0.25, 0.3) is 16.9 Å². The van der Waals surface area contributed by atoms with E-state index in [1.807, 2.05) is 60.3 Å². The van der Waals surface area contributed by atoms with Crippen LogP contribution in [-0.4, -0.2) is 42.2 Å². The average molecular weight is 387 g/mol. The fourth-order valence-corrected chi connectivity index (χ4v) is 3.13. The molecule has 29 heavy (non-hydrogen) atoms. The van der Waals surface area contributed by atoms with Gasteiger partial charge in [0.2, 0.25) is 0 Å². The normalized spacial score (nSPS) is 10.8. The predicted molar refractivity (Wildman–Crippen MR) is 109 cm³/mol. The zero-order valence-electron chi connectivity index (χ0n) is 16.1. The molecule has 0 atom stereocenters. The van der Waals surface area contributed by atoms with Gasteiger partial charge in [-0.15, -0.1) is 5.10 Å². The Balaban J connectivity index is 1.59. The lowest BCUT2D eigenvalue weighted by atomic mass is 10.1. The number of amides is 1. The van der Waals surface area contributed by atoms with E-state index in [4.69, 9.17) is 0 Å². The molecule has 1 amide bonds. The van der Waals surface area contributed by atoms with E-state index in [9.17, 15) is 4.79 Å². The van der Waals surface area contributed by atoms with Gasteiger partial charge in [0.05, 0.1) is 5.69 Å². The molecule has 0 aliphatic heterocycles. The molecule has 4 rings (SSSR count). The number of rotatable bonds is 7. The standard InChI is InChI=1S/C21H21N7O/c1-16-6-2-3-7-18(16)28-20(17-8-12-22-13-9-17)19(25-26-28)21(29)23-10-4-14-27-15-5-11-24-27/h2-3,5-9,11-13,15H,4,10,14H2,1H3,(H,23,29). The summed E-state index contributed by atoms with van der Waals surface area (Å²) in [6.07, 6.45) is 7.79. The molecule has 0 saturated carbocycles. The summed E-state index contributed by atoms with van der Waals surface area (Å²) in [7, 11) is 0. The lowest BCUT2D eigenvalue weighted by molar-refractivity contribution is 0.0948.